The number of carbonyl (C=O) groups excluding carboxylic acids is 2. The molecule has 0 fully saturated rings. The number of esters is 1. The molecular weight excluding hydrogens is 767 g/mol. The van der Waals surface area contributed by atoms with E-state index in [1.165, 1.54) is 250 Å². The second kappa shape index (κ2) is 52.5. The van der Waals surface area contributed by atoms with E-state index in [4.69, 9.17) is 4.74 Å². The number of hydrogen-bond acceptors (Lipinski definition) is 5. The maximum atomic E-state index is 12.5. The Hall–Kier alpha value is -1.14. The quantitative estimate of drug-likeness (QED) is 0.0418. The van der Waals surface area contributed by atoms with E-state index in [-0.39, 0.29) is 18.5 Å². The molecule has 0 aromatic heterocycles. The smallest absolute Gasteiger partial charge is 0.305 e. The van der Waals surface area contributed by atoms with E-state index < -0.39 is 12.1 Å². The van der Waals surface area contributed by atoms with Gasteiger partial charge in [-0.3, -0.25) is 9.59 Å². The van der Waals surface area contributed by atoms with Gasteiger partial charge in [-0.15, -0.1) is 0 Å². The Morgan fingerprint density at radius 1 is 0.387 bits per heavy atom. The summed E-state index contributed by atoms with van der Waals surface area (Å²) in [5, 5.41) is 23.2. The molecule has 2 atom stereocenters. The van der Waals surface area contributed by atoms with E-state index in [1.807, 2.05) is 0 Å². The molecule has 0 bridgehead atoms. The van der Waals surface area contributed by atoms with Crippen LogP contribution in [-0.2, 0) is 14.3 Å². The maximum Gasteiger partial charge on any atom is 0.305 e. The highest BCUT2D eigenvalue weighted by atomic mass is 16.5. The van der Waals surface area contributed by atoms with Gasteiger partial charge in [0, 0.05) is 12.8 Å². The van der Waals surface area contributed by atoms with Crippen LogP contribution in [0.1, 0.15) is 322 Å². The first kappa shape index (κ1) is 60.9. The Balaban J connectivity index is 3.39. The molecule has 62 heavy (non-hydrogen) atoms. The number of amides is 1. The first-order valence-electron chi connectivity index (χ1n) is 28.3. The lowest BCUT2D eigenvalue weighted by Gasteiger charge is -2.22. The van der Waals surface area contributed by atoms with Crippen molar-refractivity contribution in [2.45, 2.75) is 334 Å². The minimum atomic E-state index is -0.665. The summed E-state index contributed by atoms with van der Waals surface area (Å²) in [6.07, 6.45) is 59.4. The molecule has 0 aliphatic heterocycles. The Morgan fingerprint density at radius 3 is 0.984 bits per heavy atom. The normalized spacial score (nSPS) is 12.5. The summed E-state index contributed by atoms with van der Waals surface area (Å²) in [7, 11) is 0. The second-order valence-corrected chi connectivity index (χ2v) is 19.6. The number of ether oxygens (including phenoxy) is 1. The number of aliphatic hydroxyl groups is 2. The van der Waals surface area contributed by atoms with Crippen molar-refractivity contribution in [3.05, 3.63) is 0 Å². The molecule has 0 spiro atoms. The van der Waals surface area contributed by atoms with Crippen molar-refractivity contribution in [1.82, 2.24) is 5.32 Å². The molecule has 370 valence electrons. The van der Waals surface area contributed by atoms with E-state index in [0.717, 1.165) is 38.5 Å². The van der Waals surface area contributed by atoms with Crippen LogP contribution in [0.2, 0.25) is 0 Å². The van der Waals surface area contributed by atoms with Crippen molar-refractivity contribution in [3.8, 4) is 0 Å². The van der Waals surface area contributed by atoms with Crippen molar-refractivity contribution < 1.29 is 24.5 Å². The molecule has 6 heteroatoms. The minimum absolute atomic E-state index is 0.00962. The fourth-order valence-corrected chi connectivity index (χ4v) is 9.05. The molecule has 6 nitrogen and oxygen atoms in total. The highest BCUT2D eigenvalue weighted by molar-refractivity contribution is 5.76. The average molecular weight is 879 g/mol. The second-order valence-electron chi connectivity index (χ2n) is 19.6. The van der Waals surface area contributed by atoms with Crippen LogP contribution < -0.4 is 5.32 Å². The lowest BCUT2D eigenvalue weighted by molar-refractivity contribution is -0.143. The van der Waals surface area contributed by atoms with Crippen molar-refractivity contribution in [2.24, 2.45) is 0 Å². The van der Waals surface area contributed by atoms with Crippen LogP contribution >= 0.6 is 0 Å². The van der Waals surface area contributed by atoms with Gasteiger partial charge in [-0.25, -0.2) is 0 Å². The van der Waals surface area contributed by atoms with Crippen molar-refractivity contribution in [3.63, 3.8) is 0 Å². The minimum Gasteiger partial charge on any atom is -0.466 e. The number of aliphatic hydroxyl groups excluding tert-OH is 2. The molecule has 3 N–H and O–H groups in total. The van der Waals surface area contributed by atoms with Crippen LogP contribution in [0.5, 0.6) is 0 Å². The Labute approximate surface area is 387 Å². The fraction of sp³-hybridized carbons (Fsp3) is 0.964. The van der Waals surface area contributed by atoms with Crippen LogP contribution in [0.25, 0.3) is 0 Å². The predicted molar refractivity (Wildman–Crippen MR) is 269 cm³/mol. The maximum absolute atomic E-state index is 12.5. The molecule has 1 amide bonds. The van der Waals surface area contributed by atoms with Gasteiger partial charge in [-0.05, 0) is 25.7 Å². The van der Waals surface area contributed by atoms with Crippen LogP contribution in [0, 0.1) is 0 Å². The summed E-state index contributed by atoms with van der Waals surface area (Å²) < 4.78 is 5.47. The van der Waals surface area contributed by atoms with Gasteiger partial charge in [0.05, 0.1) is 25.4 Å². The van der Waals surface area contributed by atoms with Crippen LogP contribution in [0.4, 0.5) is 0 Å². The van der Waals surface area contributed by atoms with Gasteiger partial charge < -0.3 is 20.3 Å². The number of carbonyl (C=O) groups is 2. The van der Waals surface area contributed by atoms with Crippen molar-refractivity contribution in [1.29, 1.82) is 0 Å². The van der Waals surface area contributed by atoms with E-state index in [2.05, 4.69) is 19.2 Å². The molecule has 0 aromatic rings. The summed E-state index contributed by atoms with van der Waals surface area (Å²) in [6.45, 7) is 4.96. The van der Waals surface area contributed by atoms with E-state index in [1.54, 1.807) is 0 Å². The number of hydrogen-bond donors (Lipinski definition) is 3. The standard InChI is InChI=1S/C56H111NO5/c1-3-5-7-9-11-13-15-17-25-28-32-36-40-44-48-54(59)53(52-58)57-55(60)49-45-41-37-33-29-26-22-20-18-19-21-23-27-31-35-39-43-47-51-62-56(61)50-46-42-38-34-30-24-16-14-12-10-8-6-4-2/h53-54,58-59H,3-52H2,1-2H3,(H,57,60). The largest absolute Gasteiger partial charge is 0.466 e. The highest BCUT2D eigenvalue weighted by Crippen LogP contribution is 2.18. The molecule has 0 rings (SSSR count). The zero-order valence-corrected chi connectivity index (χ0v) is 42.1. The first-order valence-corrected chi connectivity index (χ1v) is 28.3. The monoisotopic (exact) mass is 878 g/mol. The van der Waals surface area contributed by atoms with E-state index in [9.17, 15) is 19.8 Å². The SMILES string of the molecule is CCCCCCCCCCCCCCCCC(O)C(CO)NC(=O)CCCCCCCCCCCCCCCCCCCCOC(=O)CCCCCCCCCCCCCCC. The van der Waals surface area contributed by atoms with E-state index in [0.29, 0.717) is 25.9 Å². The van der Waals surface area contributed by atoms with Crippen LogP contribution in [0.3, 0.4) is 0 Å². The van der Waals surface area contributed by atoms with Gasteiger partial charge in [0.25, 0.3) is 0 Å². The number of unbranched alkanes of at least 4 members (excludes halogenated alkanes) is 42. The third-order valence-electron chi connectivity index (χ3n) is 13.4. The Morgan fingerprint density at radius 2 is 0.661 bits per heavy atom. The summed E-state index contributed by atoms with van der Waals surface area (Å²) in [5.41, 5.74) is 0. The average Bonchev–Trinajstić information content (AvgIpc) is 3.27. The molecule has 2 unspecified atom stereocenters. The Kier molecular flexibility index (Phi) is 51.5. The lowest BCUT2D eigenvalue weighted by Crippen LogP contribution is -2.45. The zero-order valence-electron chi connectivity index (χ0n) is 42.1. The molecule has 0 saturated carbocycles. The summed E-state index contributed by atoms with van der Waals surface area (Å²) >= 11 is 0. The van der Waals surface area contributed by atoms with Crippen molar-refractivity contribution >= 4 is 11.9 Å². The van der Waals surface area contributed by atoms with Gasteiger partial charge in [0.15, 0.2) is 0 Å². The third kappa shape index (κ3) is 48.3. The first-order chi connectivity index (χ1) is 30.5. The molecule has 0 radical (unpaired) electrons. The van der Waals surface area contributed by atoms with Crippen LogP contribution in [0.15, 0.2) is 0 Å². The Bertz CT molecular complexity index is 882. The fourth-order valence-electron chi connectivity index (χ4n) is 9.05. The third-order valence-corrected chi connectivity index (χ3v) is 13.4. The van der Waals surface area contributed by atoms with Crippen LogP contribution in [-0.4, -0.2) is 47.4 Å². The van der Waals surface area contributed by atoms with Gasteiger partial charge in [-0.2, -0.15) is 0 Å². The van der Waals surface area contributed by atoms with Gasteiger partial charge in [0.1, 0.15) is 0 Å². The van der Waals surface area contributed by atoms with Gasteiger partial charge in [-0.1, -0.05) is 284 Å². The van der Waals surface area contributed by atoms with Crippen molar-refractivity contribution in [2.75, 3.05) is 13.2 Å². The molecule has 0 aliphatic rings. The lowest BCUT2D eigenvalue weighted by atomic mass is 10.0. The molecule has 0 aliphatic carbocycles. The molecule has 0 aromatic carbocycles. The summed E-state index contributed by atoms with van der Waals surface area (Å²) in [5.74, 6) is -0.0271. The highest BCUT2D eigenvalue weighted by Gasteiger charge is 2.20. The molecule has 0 saturated heterocycles. The number of rotatable bonds is 53. The van der Waals surface area contributed by atoms with Gasteiger partial charge in [0.2, 0.25) is 5.91 Å². The summed E-state index contributed by atoms with van der Waals surface area (Å²) in [4.78, 5) is 24.5. The van der Waals surface area contributed by atoms with E-state index >= 15 is 0 Å². The molecule has 0 heterocycles. The van der Waals surface area contributed by atoms with Gasteiger partial charge >= 0.3 is 5.97 Å². The number of nitrogens with one attached hydrogen (secondary N) is 1. The molecular formula is C56H111NO5. The predicted octanol–water partition coefficient (Wildman–Crippen LogP) is 17.1. The summed E-state index contributed by atoms with van der Waals surface area (Å²) in [6, 6.07) is -0.542. The zero-order chi connectivity index (χ0) is 45.1. The topological polar surface area (TPSA) is 95.9 Å².